The fourth-order valence-corrected chi connectivity index (χ4v) is 3.77. The topological polar surface area (TPSA) is 79.5 Å². The first-order valence-corrected chi connectivity index (χ1v) is 8.20. The van der Waals surface area contributed by atoms with E-state index < -0.39 is 10.0 Å². The zero-order valence-electron chi connectivity index (χ0n) is 12.0. The van der Waals surface area contributed by atoms with Crippen molar-refractivity contribution >= 4 is 10.0 Å². The lowest BCUT2D eigenvalue weighted by atomic mass is 10.1. The Balaban J connectivity index is 2.16. The first-order valence-electron chi connectivity index (χ1n) is 6.76. The summed E-state index contributed by atoms with van der Waals surface area (Å²) in [7, 11) is 0.241. The van der Waals surface area contributed by atoms with Gasteiger partial charge in [0.25, 0.3) is 0 Å². The second kappa shape index (κ2) is 6.17. The van der Waals surface area contributed by atoms with Gasteiger partial charge in [0.1, 0.15) is 4.90 Å². The number of hydrogen-bond acceptors (Lipinski definition) is 5. The van der Waals surface area contributed by atoms with E-state index in [1.165, 1.54) is 10.5 Å². The van der Waals surface area contributed by atoms with E-state index in [0.29, 0.717) is 12.2 Å². The lowest BCUT2D eigenvalue weighted by Gasteiger charge is -2.34. The molecule has 0 unspecified atom stereocenters. The van der Waals surface area contributed by atoms with Crippen LogP contribution in [-0.2, 0) is 16.6 Å². The second-order valence-electron chi connectivity index (χ2n) is 5.25. The minimum Gasteiger partial charge on any atom is -0.325 e. The Kier molecular flexibility index (Phi) is 4.74. The zero-order valence-corrected chi connectivity index (χ0v) is 12.8. The lowest BCUT2D eigenvalue weighted by Crippen LogP contribution is -2.44. The summed E-state index contributed by atoms with van der Waals surface area (Å²) in [6.45, 7) is 2.16. The molecule has 0 aromatic carbocycles. The Hall–Kier alpha value is -1.02. The molecule has 2 N–H and O–H groups in total. The molecule has 0 bridgehead atoms. The monoisotopic (exact) mass is 298 g/mol. The Morgan fingerprint density at radius 1 is 1.40 bits per heavy atom. The minimum absolute atomic E-state index is 0.0605. The van der Waals surface area contributed by atoms with Crippen LogP contribution in [0.5, 0.6) is 0 Å². The van der Waals surface area contributed by atoms with Gasteiger partial charge in [0, 0.05) is 25.8 Å². The first-order chi connectivity index (χ1) is 9.45. The molecule has 1 aromatic rings. The largest absolute Gasteiger partial charge is 0.325 e. The molecule has 20 heavy (non-hydrogen) atoms. The van der Waals surface area contributed by atoms with Crippen molar-refractivity contribution in [2.24, 2.45) is 5.73 Å². The fourth-order valence-electron chi connectivity index (χ4n) is 2.41. The van der Waals surface area contributed by atoms with E-state index in [2.05, 4.69) is 16.9 Å². The highest BCUT2D eigenvalue weighted by Crippen LogP contribution is 2.21. The van der Waals surface area contributed by atoms with Gasteiger partial charge in [-0.05, 0) is 45.1 Å². The van der Waals surface area contributed by atoms with Gasteiger partial charge in [0.15, 0.2) is 0 Å². The van der Waals surface area contributed by atoms with Crippen LogP contribution in [0.4, 0.5) is 0 Å². The molecule has 1 aromatic heterocycles. The van der Waals surface area contributed by atoms with Crippen LogP contribution in [0.15, 0.2) is 23.2 Å². The lowest BCUT2D eigenvalue weighted by molar-refractivity contribution is 0.197. The van der Waals surface area contributed by atoms with E-state index in [0.717, 1.165) is 25.9 Å². The van der Waals surface area contributed by atoms with Crippen LogP contribution in [0.2, 0.25) is 0 Å². The fraction of sp³-hybridized carbons (Fsp3) is 0.615. The highest BCUT2D eigenvalue weighted by atomic mass is 32.2. The molecule has 2 rings (SSSR count). The number of hydrogen-bond donors (Lipinski definition) is 1. The molecule has 7 heteroatoms. The Bertz CT molecular complexity index is 536. The number of likely N-dealkylation sites (tertiary alicyclic amines) is 1. The van der Waals surface area contributed by atoms with Crippen LogP contribution < -0.4 is 5.73 Å². The number of piperidine rings is 1. The molecule has 1 aliphatic heterocycles. The summed E-state index contributed by atoms with van der Waals surface area (Å²) in [6, 6.07) is 3.30. The molecule has 0 saturated carbocycles. The van der Waals surface area contributed by atoms with E-state index in [4.69, 9.17) is 5.73 Å². The molecular formula is C13H22N4O2S. The number of nitrogens with zero attached hydrogens (tertiary/aromatic N) is 3. The summed E-state index contributed by atoms with van der Waals surface area (Å²) in [6.07, 6.45) is 3.12. The molecule has 1 aliphatic rings. The van der Waals surface area contributed by atoms with Crippen molar-refractivity contribution in [1.29, 1.82) is 0 Å². The third kappa shape index (κ3) is 3.17. The number of rotatable bonds is 4. The van der Waals surface area contributed by atoms with Gasteiger partial charge in [0.2, 0.25) is 10.0 Å². The van der Waals surface area contributed by atoms with Crippen molar-refractivity contribution in [3.05, 3.63) is 24.0 Å². The first kappa shape index (κ1) is 15.4. The van der Waals surface area contributed by atoms with Crippen LogP contribution in [0.25, 0.3) is 0 Å². The molecule has 0 spiro atoms. The average Bonchev–Trinajstić information content (AvgIpc) is 2.47. The summed E-state index contributed by atoms with van der Waals surface area (Å²) in [5.74, 6) is 0. The maximum Gasteiger partial charge on any atom is 0.244 e. The van der Waals surface area contributed by atoms with Crippen molar-refractivity contribution in [1.82, 2.24) is 14.2 Å². The Labute approximate surface area is 120 Å². The quantitative estimate of drug-likeness (QED) is 0.862. The summed E-state index contributed by atoms with van der Waals surface area (Å²) in [4.78, 5) is 6.51. The van der Waals surface area contributed by atoms with Crippen LogP contribution in [0.3, 0.4) is 0 Å². The smallest absolute Gasteiger partial charge is 0.244 e. The van der Waals surface area contributed by atoms with E-state index >= 15 is 0 Å². The average molecular weight is 298 g/mol. The second-order valence-corrected chi connectivity index (χ2v) is 7.24. The number of sulfonamides is 1. The van der Waals surface area contributed by atoms with Gasteiger partial charge < -0.3 is 10.6 Å². The molecule has 0 atom stereocenters. The van der Waals surface area contributed by atoms with Crippen molar-refractivity contribution in [3.8, 4) is 0 Å². The predicted molar refractivity (Wildman–Crippen MR) is 77.6 cm³/mol. The molecule has 0 aliphatic carbocycles. The standard InChI is InChI=1S/C13H22N4O2S/c1-16-7-5-12(6-8-16)17(2)20(18,19)13-4-3-11(9-14)15-10-13/h3-4,10,12H,5-9,14H2,1-2H3. The molecule has 112 valence electrons. The van der Waals surface area contributed by atoms with Gasteiger partial charge in [0.05, 0.1) is 5.69 Å². The zero-order chi connectivity index (χ0) is 14.8. The minimum atomic E-state index is -3.47. The number of pyridine rings is 1. The predicted octanol–water partition coefficient (Wildman–Crippen LogP) is 0.255. The number of nitrogens with two attached hydrogens (primary N) is 1. The summed E-state index contributed by atoms with van der Waals surface area (Å²) >= 11 is 0. The molecule has 0 radical (unpaired) electrons. The van der Waals surface area contributed by atoms with Crippen LogP contribution >= 0.6 is 0 Å². The SMILES string of the molecule is CN1CCC(N(C)S(=O)(=O)c2ccc(CN)nc2)CC1. The Morgan fingerprint density at radius 3 is 2.55 bits per heavy atom. The van der Waals surface area contributed by atoms with Gasteiger partial charge >= 0.3 is 0 Å². The third-order valence-corrected chi connectivity index (χ3v) is 5.78. The van der Waals surface area contributed by atoms with Crippen molar-refractivity contribution in [3.63, 3.8) is 0 Å². The van der Waals surface area contributed by atoms with Crippen LogP contribution in [0, 0.1) is 0 Å². The summed E-state index contributed by atoms with van der Waals surface area (Å²) in [5.41, 5.74) is 6.16. The number of aromatic nitrogens is 1. The summed E-state index contributed by atoms with van der Waals surface area (Å²) in [5, 5.41) is 0. The highest BCUT2D eigenvalue weighted by molar-refractivity contribution is 7.89. The van der Waals surface area contributed by atoms with E-state index in [-0.39, 0.29) is 10.9 Å². The van der Waals surface area contributed by atoms with Gasteiger partial charge in [-0.3, -0.25) is 4.98 Å². The maximum atomic E-state index is 12.6. The van der Waals surface area contributed by atoms with Gasteiger partial charge in [-0.2, -0.15) is 4.31 Å². The molecule has 2 heterocycles. The van der Waals surface area contributed by atoms with Crippen molar-refractivity contribution in [2.45, 2.75) is 30.3 Å². The Morgan fingerprint density at radius 2 is 2.05 bits per heavy atom. The van der Waals surface area contributed by atoms with E-state index in [1.54, 1.807) is 19.2 Å². The molecule has 0 amide bonds. The van der Waals surface area contributed by atoms with Crippen molar-refractivity contribution in [2.75, 3.05) is 27.2 Å². The maximum absolute atomic E-state index is 12.6. The molecule has 1 saturated heterocycles. The summed E-state index contributed by atoms with van der Waals surface area (Å²) < 4.78 is 26.6. The van der Waals surface area contributed by atoms with Crippen molar-refractivity contribution < 1.29 is 8.42 Å². The van der Waals surface area contributed by atoms with Gasteiger partial charge in [-0.25, -0.2) is 8.42 Å². The van der Waals surface area contributed by atoms with E-state index in [9.17, 15) is 8.42 Å². The normalized spacial score (nSPS) is 18.6. The molecule has 1 fully saturated rings. The van der Waals surface area contributed by atoms with Gasteiger partial charge in [-0.15, -0.1) is 0 Å². The van der Waals surface area contributed by atoms with E-state index in [1.807, 2.05) is 0 Å². The van der Waals surface area contributed by atoms with Gasteiger partial charge in [-0.1, -0.05) is 0 Å². The van der Waals surface area contributed by atoms with Crippen LogP contribution in [0.1, 0.15) is 18.5 Å². The highest BCUT2D eigenvalue weighted by Gasteiger charge is 2.30. The van der Waals surface area contributed by atoms with Crippen LogP contribution in [-0.4, -0.2) is 55.8 Å². The third-order valence-electron chi connectivity index (χ3n) is 3.89. The molecule has 6 nitrogen and oxygen atoms in total. The molecular weight excluding hydrogens is 276 g/mol.